The van der Waals surface area contributed by atoms with E-state index in [1.54, 1.807) is 44.2 Å². The molecule has 3 rings (SSSR count). The first kappa shape index (κ1) is 30.8. The second-order valence-corrected chi connectivity index (χ2v) is 8.81. The third kappa shape index (κ3) is 8.15. The molecular formula is C30H27N3O9. The zero-order chi connectivity index (χ0) is 30.8. The van der Waals surface area contributed by atoms with Gasteiger partial charge in [0.1, 0.15) is 23.1 Å². The second-order valence-electron chi connectivity index (χ2n) is 8.81. The topological polar surface area (TPSA) is 158 Å². The lowest BCUT2D eigenvalue weighted by Gasteiger charge is -2.17. The minimum atomic E-state index is -1.35. The highest BCUT2D eigenvalue weighted by atomic mass is 16.7. The highest BCUT2D eigenvalue weighted by molar-refractivity contribution is 6.01. The Bertz CT molecular complexity index is 1550. The van der Waals surface area contributed by atoms with Crippen LogP contribution in [0.15, 0.2) is 66.2 Å². The Hall–Kier alpha value is -5.70. The van der Waals surface area contributed by atoms with Gasteiger partial charge in [0.25, 0.3) is 11.7 Å². The summed E-state index contributed by atoms with van der Waals surface area (Å²) in [6.07, 6.45) is -1.55. The van der Waals surface area contributed by atoms with E-state index in [4.69, 9.17) is 18.9 Å². The number of aryl methyl sites for hydroxylation is 2. The molecular weight excluding hydrogens is 546 g/mol. The molecule has 0 aliphatic carbocycles. The number of nitriles is 1. The SMILES string of the molecule is CCN(CC)C(=O)/C(C#N)=C/c1cc(OC(=O)Oc2ccc(C)cc2)c(OC(=O)Oc2ccc(C)cc2)c([N+](=O)[O-])c1. The van der Waals surface area contributed by atoms with E-state index in [-0.39, 0.29) is 22.6 Å². The molecule has 1 amide bonds. The lowest BCUT2D eigenvalue weighted by atomic mass is 10.1. The van der Waals surface area contributed by atoms with Gasteiger partial charge in [0, 0.05) is 19.2 Å². The Kier molecular flexibility index (Phi) is 10.3. The third-order valence-corrected chi connectivity index (χ3v) is 5.79. The molecule has 12 nitrogen and oxygen atoms in total. The Balaban J connectivity index is 2.05. The van der Waals surface area contributed by atoms with Crippen molar-refractivity contribution in [1.82, 2.24) is 4.90 Å². The molecule has 0 N–H and O–H groups in total. The molecule has 0 aliphatic heterocycles. The minimum Gasteiger partial charge on any atom is -0.395 e. The summed E-state index contributed by atoms with van der Waals surface area (Å²) in [5, 5.41) is 21.7. The summed E-state index contributed by atoms with van der Waals surface area (Å²) in [7, 11) is 0. The van der Waals surface area contributed by atoms with Crippen LogP contribution in [0.3, 0.4) is 0 Å². The van der Waals surface area contributed by atoms with Crippen LogP contribution in [0.5, 0.6) is 23.0 Å². The number of carbonyl (C=O) groups excluding carboxylic acids is 3. The van der Waals surface area contributed by atoms with Gasteiger partial charge in [-0.1, -0.05) is 35.4 Å². The lowest BCUT2D eigenvalue weighted by molar-refractivity contribution is -0.385. The summed E-state index contributed by atoms with van der Waals surface area (Å²) in [6.45, 7) is 7.77. The zero-order valence-corrected chi connectivity index (χ0v) is 23.3. The summed E-state index contributed by atoms with van der Waals surface area (Å²) >= 11 is 0. The molecule has 0 aromatic heterocycles. The molecule has 0 fully saturated rings. The van der Waals surface area contributed by atoms with E-state index < -0.39 is 40.3 Å². The van der Waals surface area contributed by atoms with Gasteiger partial charge in [-0.15, -0.1) is 0 Å². The average Bonchev–Trinajstić information content (AvgIpc) is 2.95. The molecule has 216 valence electrons. The maximum Gasteiger partial charge on any atom is 0.519 e. The maximum atomic E-state index is 12.8. The van der Waals surface area contributed by atoms with Gasteiger partial charge in [0.05, 0.1) is 4.92 Å². The van der Waals surface area contributed by atoms with Gasteiger partial charge >= 0.3 is 18.0 Å². The molecule has 0 atom stereocenters. The smallest absolute Gasteiger partial charge is 0.395 e. The summed E-state index contributed by atoms with van der Waals surface area (Å²) in [4.78, 5) is 50.6. The fraction of sp³-hybridized carbons (Fsp3) is 0.200. The van der Waals surface area contributed by atoms with Gasteiger partial charge in [-0.3, -0.25) is 14.9 Å². The van der Waals surface area contributed by atoms with E-state index in [1.807, 2.05) is 13.8 Å². The normalized spacial score (nSPS) is 10.7. The molecule has 42 heavy (non-hydrogen) atoms. The Morgan fingerprint density at radius 1 is 0.857 bits per heavy atom. The Morgan fingerprint density at radius 3 is 1.81 bits per heavy atom. The maximum absolute atomic E-state index is 12.8. The van der Waals surface area contributed by atoms with E-state index in [1.165, 1.54) is 29.2 Å². The van der Waals surface area contributed by atoms with E-state index in [9.17, 15) is 29.8 Å². The Morgan fingerprint density at radius 2 is 1.36 bits per heavy atom. The van der Waals surface area contributed by atoms with Crippen LogP contribution in [0.25, 0.3) is 6.08 Å². The first-order chi connectivity index (χ1) is 20.0. The molecule has 0 unspecified atom stereocenters. The molecule has 0 radical (unpaired) electrons. The van der Waals surface area contributed by atoms with Gasteiger partial charge in [0.2, 0.25) is 0 Å². The van der Waals surface area contributed by atoms with E-state index >= 15 is 0 Å². The van der Waals surface area contributed by atoms with Crippen LogP contribution >= 0.6 is 0 Å². The molecule has 3 aromatic carbocycles. The molecule has 12 heteroatoms. The number of likely N-dealkylation sites (N-methyl/N-ethyl adjacent to an activating group) is 1. The van der Waals surface area contributed by atoms with Gasteiger partial charge in [0.15, 0.2) is 5.75 Å². The highest BCUT2D eigenvalue weighted by Crippen LogP contribution is 2.40. The fourth-order valence-electron chi connectivity index (χ4n) is 3.62. The summed E-state index contributed by atoms with van der Waals surface area (Å²) < 4.78 is 20.6. The molecule has 0 saturated heterocycles. The van der Waals surface area contributed by atoms with Crippen molar-refractivity contribution in [3.8, 4) is 29.1 Å². The molecule has 0 bridgehead atoms. The number of ether oxygens (including phenoxy) is 4. The van der Waals surface area contributed by atoms with Crippen molar-refractivity contribution in [2.24, 2.45) is 0 Å². The second kappa shape index (κ2) is 14.1. The van der Waals surface area contributed by atoms with Crippen LogP contribution in [0.4, 0.5) is 15.3 Å². The van der Waals surface area contributed by atoms with Gasteiger partial charge in [-0.05, 0) is 69.7 Å². The Labute approximate surface area is 241 Å². The molecule has 3 aromatic rings. The zero-order valence-electron chi connectivity index (χ0n) is 23.3. The van der Waals surface area contributed by atoms with Crippen LogP contribution in [-0.4, -0.2) is 41.1 Å². The third-order valence-electron chi connectivity index (χ3n) is 5.79. The summed E-state index contributed by atoms with van der Waals surface area (Å²) in [6, 6.07) is 16.5. The minimum absolute atomic E-state index is 0.0591. The number of rotatable bonds is 9. The van der Waals surface area contributed by atoms with Crippen molar-refractivity contribution in [2.75, 3.05) is 13.1 Å². The largest absolute Gasteiger partial charge is 0.519 e. The van der Waals surface area contributed by atoms with E-state index in [0.717, 1.165) is 29.3 Å². The fourth-order valence-corrected chi connectivity index (χ4v) is 3.62. The van der Waals surface area contributed by atoms with E-state index in [0.29, 0.717) is 13.1 Å². The summed E-state index contributed by atoms with van der Waals surface area (Å²) in [5.41, 5.74) is 0.607. The molecule has 0 saturated carbocycles. The molecule has 0 aliphatic rings. The van der Waals surface area contributed by atoms with Crippen molar-refractivity contribution in [3.05, 3.63) is 93.0 Å². The van der Waals surface area contributed by atoms with Gasteiger partial charge in [-0.2, -0.15) is 5.26 Å². The van der Waals surface area contributed by atoms with Gasteiger partial charge in [-0.25, -0.2) is 9.59 Å². The number of hydrogen-bond acceptors (Lipinski definition) is 10. The number of nitrogens with zero attached hydrogens (tertiary/aromatic N) is 3. The quantitative estimate of drug-likeness (QED) is 0.0726. The summed E-state index contributed by atoms with van der Waals surface area (Å²) in [5.74, 6) is -1.74. The van der Waals surface area contributed by atoms with Crippen molar-refractivity contribution in [3.63, 3.8) is 0 Å². The van der Waals surface area contributed by atoms with Crippen LogP contribution in [-0.2, 0) is 4.79 Å². The van der Waals surface area contributed by atoms with Crippen LogP contribution in [0.2, 0.25) is 0 Å². The van der Waals surface area contributed by atoms with E-state index in [2.05, 4.69) is 0 Å². The number of carbonyl (C=O) groups is 3. The number of nitro groups is 1. The first-order valence-electron chi connectivity index (χ1n) is 12.7. The number of benzene rings is 3. The standard InChI is InChI=1S/C30H27N3O9/c1-5-32(6-2)28(34)22(18-31)15-21-16-25(33(37)38)27(42-30(36)40-24-13-9-20(4)10-14-24)26(17-21)41-29(35)39-23-11-7-19(3)8-12-23/h7-17H,5-6H2,1-4H3/b22-15+. The van der Waals surface area contributed by atoms with Crippen LogP contribution < -0.4 is 18.9 Å². The molecule has 0 heterocycles. The highest BCUT2D eigenvalue weighted by Gasteiger charge is 2.28. The number of amides is 1. The number of hydrogen-bond donors (Lipinski definition) is 0. The van der Waals surface area contributed by atoms with Crippen molar-refractivity contribution >= 4 is 30.0 Å². The number of nitro benzene ring substituents is 1. The lowest BCUT2D eigenvalue weighted by Crippen LogP contribution is -2.31. The van der Waals surface area contributed by atoms with Crippen molar-refractivity contribution in [1.29, 1.82) is 5.26 Å². The van der Waals surface area contributed by atoms with Crippen LogP contribution in [0, 0.1) is 35.3 Å². The van der Waals surface area contributed by atoms with Gasteiger partial charge < -0.3 is 23.8 Å². The molecule has 0 spiro atoms. The van der Waals surface area contributed by atoms with Crippen molar-refractivity contribution < 1.29 is 38.3 Å². The average molecular weight is 574 g/mol. The predicted molar refractivity (Wildman–Crippen MR) is 150 cm³/mol. The van der Waals surface area contributed by atoms with Crippen LogP contribution in [0.1, 0.15) is 30.5 Å². The predicted octanol–water partition coefficient (Wildman–Crippen LogP) is 6.14. The monoisotopic (exact) mass is 573 g/mol. The first-order valence-corrected chi connectivity index (χ1v) is 12.7. The van der Waals surface area contributed by atoms with Crippen molar-refractivity contribution in [2.45, 2.75) is 27.7 Å².